The summed E-state index contributed by atoms with van der Waals surface area (Å²) in [5.74, 6) is -5.41. The second-order valence-corrected chi connectivity index (χ2v) is 13.4. The van der Waals surface area contributed by atoms with E-state index >= 15 is 0 Å². The molecular formula is C36H29Cl2FN2O6. The van der Waals surface area contributed by atoms with Crippen LogP contribution in [0.4, 0.5) is 15.8 Å². The summed E-state index contributed by atoms with van der Waals surface area (Å²) in [6.45, 7) is 1.75. The summed E-state index contributed by atoms with van der Waals surface area (Å²) in [5, 5.41) is 10.4. The molecule has 2 heterocycles. The average molecular weight is 676 g/mol. The van der Waals surface area contributed by atoms with Crippen molar-refractivity contribution in [3.8, 4) is 11.5 Å². The van der Waals surface area contributed by atoms with E-state index in [9.17, 15) is 28.7 Å². The van der Waals surface area contributed by atoms with Crippen LogP contribution in [0.25, 0.3) is 6.08 Å². The monoisotopic (exact) mass is 674 g/mol. The molecule has 4 amide bonds. The Hall–Kier alpha value is -4.47. The topological polar surface area (TPSA) is 104 Å². The number of rotatable bonds is 5. The summed E-state index contributed by atoms with van der Waals surface area (Å²) in [7, 11) is 1.44. The molecule has 2 aliphatic carbocycles. The third-order valence-electron chi connectivity index (χ3n) is 10.3. The van der Waals surface area contributed by atoms with Gasteiger partial charge in [0, 0.05) is 10.9 Å². The Labute approximate surface area is 280 Å². The number of hydrogen-bond acceptors (Lipinski definition) is 6. The van der Waals surface area contributed by atoms with Crippen LogP contribution in [-0.2, 0) is 19.2 Å². The number of imide groups is 2. The zero-order valence-corrected chi connectivity index (χ0v) is 26.8. The van der Waals surface area contributed by atoms with Crippen LogP contribution in [0.3, 0.4) is 0 Å². The van der Waals surface area contributed by atoms with E-state index in [1.165, 1.54) is 30.2 Å². The first-order valence-electron chi connectivity index (χ1n) is 15.2. The number of aromatic hydroxyl groups is 1. The third-order valence-corrected chi connectivity index (χ3v) is 10.8. The number of fused-ring (bicyclic) bond motifs is 4. The summed E-state index contributed by atoms with van der Waals surface area (Å²) in [5.41, 5.74) is 0.795. The minimum atomic E-state index is -1.27. The van der Waals surface area contributed by atoms with Gasteiger partial charge < -0.3 is 9.84 Å². The van der Waals surface area contributed by atoms with E-state index in [1.54, 1.807) is 49.4 Å². The van der Waals surface area contributed by atoms with Crippen molar-refractivity contribution in [1.82, 2.24) is 0 Å². The van der Waals surface area contributed by atoms with Crippen molar-refractivity contribution in [1.29, 1.82) is 0 Å². The van der Waals surface area contributed by atoms with Gasteiger partial charge in [-0.25, -0.2) is 9.29 Å². The SMILES string of the molecule is COc1cc(C=C[C@H]2C3=CC[C@@H]4C(=O)N(c5ccc(Cl)cc5)C(=O)[C@@H]4[C@@H]3C[C@H]3C(=O)N(c4ccc(F)c(Cl)c4)C(=O)[C@@]23C)ccc1O. The van der Waals surface area contributed by atoms with E-state index in [0.717, 1.165) is 16.5 Å². The van der Waals surface area contributed by atoms with Crippen LogP contribution < -0.4 is 14.5 Å². The van der Waals surface area contributed by atoms with Gasteiger partial charge in [0.15, 0.2) is 11.5 Å². The third kappa shape index (κ3) is 4.70. The molecule has 2 saturated heterocycles. The smallest absolute Gasteiger partial charge is 0.241 e. The molecule has 3 fully saturated rings. The lowest BCUT2D eigenvalue weighted by atomic mass is 9.52. The predicted molar refractivity (Wildman–Crippen MR) is 174 cm³/mol. The van der Waals surface area contributed by atoms with Crippen molar-refractivity contribution in [2.24, 2.45) is 35.0 Å². The van der Waals surface area contributed by atoms with Crippen LogP contribution in [0.15, 0.2) is 78.4 Å². The maximum atomic E-state index is 14.4. The number of phenolic OH excluding ortho intramolecular Hbond substituents is 1. The number of methoxy groups -OCH3 is 1. The van der Waals surface area contributed by atoms with E-state index in [4.69, 9.17) is 27.9 Å². The van der Waals surface area contributed by atoms with Gasteiger partial charge in [-0.05, 0) is 85.8 Å². The number of carbonyl (C=O) groups is 4. The van der Waals surface area contributed by atoms with Crippen molar-refractivity contribution < 1.29 is 33.4 Å². The van der Waals surface area contributed by atoms with E-state index in [0.29, 0.717) is 22.7 Å². The highest BCUT2D eigenvalue weighted by atomic mass is 35.5. The van der Waals surface area contributed by atoms with E-state index in [-0.39, 0.29) is 40.4 Å². The summed E-state index contributed by atoms with van der Waals surface area (Å²) >= 11 is 12.1. The first-order chi connectivity index (χ1) is 22.4. The van der Waals surface area contributed by atoms with Gasteiger partial charge >= 0.3 is 0 Å². The standard InChI is InChI=1S/C36H29Cl2FN2O6/c1-36-25(12-3-18-4-14-29(42)30(15-18)47-2)22-10-11-23-31(34(45)40(32(23)43)20-7-5-19(37)6-8-20)24(22)17-26(36)33(44)41(35(36)46)21-9-13-28(39)27(38)16-21/h3-10,12-16,23-26,31,42H,11,17H2,1-2H3/t23-,24+,25-,26-,31-,36-/m0/s1. The molecule has 3 aromatic carbocycles. The molecule has 0 bridgehead atoms. The van der Waals surface area contributed by atoms with Crippen molar-refractivity contribution in [2.45, 2.75) is 19.8 Å². The van der Waals surface area contributed by atoms with E-state index in [2.05, 4.69) is 0 Å². The molecule has 4 aliphatic rings. The van der Waals surface area contributed by atoms with Crippen molar-refractivity contribution in [2.75, 3.05) is 16.9 Å². The minimum Gasteiger partial charge on any atom is -0.504 e. The summed E-state index contributed by atoms with van der Waals surface area (Å²) in [6.07, 6.45) is 6.06. The Bertz CT molecular complexity index is 1930. The van der Waals surface area contributed by atoms with Crippen LogP contribution >= 0.6 is 23.2 Å². The van der Waals surface area contributed by atoms with Gasteiger partial charge in [-0.2, -0.15) is 0 Å². The molecule has 240 valence electrons. The van der Waals surface area contributed by atoms with Gasteiger partial charge in [0.2, 0.25) is 23.6 Å². The number of halogens is 3. The zero-order valence-electron chi connectivity index (χ0n) is 25.3. The summed E-state index contributed by atoms with van der Waals surface area (Å²) in [6, 6.07) is 15.0. The maximum Gasteiger partial charge on any atom is 0.241 e. The number of phenols is 1. The van der Waals surface area contributed by atoms with E-state index in [1.807, 2.05) is 12.2 Å². The molecule has 47 heavy (non-hydrogen) atoms. The quantitative estimate of drug-likeness (QED) is 0.235. The van der Waals surface area contributed by atoms with Gasteiger partial charge in [0.05, 0.1) is 46.7 Å². The number of nitrogens with zero attached hydrogens (tertiary/aromatic N) is 2. The van der Waals surface area contributed by atoms with Gasteiger partial charge in [-0.15, -0.1) is 0 Å². The molecule has 1 saturated carbocycles. The summed E-state index contributed by atoms with van der Waals surface area (Å²) < 4.78 is 19.4. The number of anilines is 2. The second-order valence-electron chi connectivity index (χ2n) is 12.6. The van der Waals surface area contributed by atoms with Crippen molar-refractivity contribution in [3.05, 3.63) is 99.8 Å². The first-order valence-corrected chi connectivity index (χ1v) is 15.9. The molecule has 0 aromatic heterocycles. The average Bonchev–Trinajstić information content (AvgIpc) is 3.42. The van der Waals surface area contributed by atoms with Crippen molar-refractivity contribution in [3.63, 3.8) is 0 Å². The zero-order chi connectivity index (χ0) is 33.4. The van der Waals surface area contributed by atoms with Gasteiger partial charge in [-0.1, -0.05) is 53.1 Å². The molecule has 8 nitrogen and oxygen atoms in total. The Morgan fingerprint density at radius 3 is 2.34 bits per heavy atom. The normalized spacial score (nSPS) is 28.4. The first kappa shape index (κ1) is 31.1. The van der Waals surface area contributed by atoms with E-state index < -0.39 is 52.6 Å². The number of carbonyl (C=O) groups excluding carboxylic acids is 4. The molecule has 0 spiro atoms. The molecule has 2 aliphatic heterocycles. The molecule has 7 rings (SSSR count). The Balaban J connectivity index is 1.33. The predicted octanol–water partition coefficient (Wildman–Crippen LogP) is 6.83. The molecule has 0 unspecified atom stereocenters. The minimum absolute atomic E-state index is 0.0322. The maximum absolute atomic E-state index is 14.4. The summed E-state index contributed by atoms with van der Waals surface area (Å²) in [4.78, 5) is 58.8. The number of benzene rings is 3. The van der Waals surface area contributed by atoms with Gasteiger partial charge in [0.25, 0.3) is 0 Å². The molecule has 6 atom stereocenters. The fraction of sp³-hybridized carbons (Fsp3) is 0.278. The molecule has 3 aromatic rings. The van der Waals surface area contributed by atoms with Crippen LogP contribution in [0.2, 0.25) is 10.0 Å². The number of ether oxygens (including phenoxy) is 1. The lowest BCUT2D eigenvalue weighted by Crippen LogP contribution is -2.49. The van der Waals surface area contributed by atoms with Gasteiger partial charge in [0.1, 0.15) is 5.82 Å². The Morgan fingerprint density at radius 2 is 1.64 bits per heavy atom. The molecule has 11 heteroatoms. The number of amides is 4. The van der Waals surface area contributed by atoms with Crippen LogP contribution in [0.5, 0.6) is 11.5 Å². The highest BCUT2D eigenvalue weighted by Gasteiger charge is 2.67. The fourth-order valence-corrected chi connectivity index (χ4v) is 8.24. The van der Waals surface area contributed by atoms with Crippen molar-refractivity contribution >= 4 is 64.3 Å². The number of hydrogen-bond donors (Lipinski definition) is 1. The highest BCUT2D eigenvalue weighted by molar-refractivity contribution is 6.32. The molecule has 0 radical (unpaired) electrons. The van der Waals surface area contributed by atoms with Crippen LogP contribution in [-0.4, -0.2) is 35.8 Å². The fourth-order valence-electron chi connectivity index (χ4n) is 7.94. The Kier molecular flexibility index (Phi) is 7.52. The molecular weight excluding hydrogens is 646 g/mol. The number of allylic oxidation sites excluding steroid dienone is 3. The molecule has 1 N–H and O–H groups in total. The van der Waals surface area contributed by atoms with Gasteiger partial charge in [-0.3, -0.25) is 24.1 Å². The highest BCUT2D eigenvalue weighted by Crippen LogP contribution is 2.61. The lowest BCUT2D eigenvalue weighted by molar-refractivity contribution is -0.132. The lowest BCUT2D eigenvalue weighted by Gasteiger charge is -2.47. The largest absolute Gasteiger partial charge is 0.504 e. The van der Waals surface area contributed by atoms with Crippen LogP contribution in [0.1, 0.15) is 25.3 Å². The Morgan fingerprint density at radius 1 is 0.915 bits per heavy atom. The van der Waals surface area contributed by atoms with Crippen LogP contribution in [0, 0.1) is 40.8 Å². The second kappa shape index (κ2) is 11.3.